The van der Waals surface area contributed by atoms with Gasteiger partial charge in [-0.2, -0.15) is 0 Å². The number of carbonyl (C=O) groups is 1. The minimum Gasteiger partial charge on any atom is -0.495 e. The normalized spacial score (nSPS) is 13.0. The number of aryl methyl sites for hydroxylation is 1. The van der Waals surface area contributed by atoms with Crippen LogP contribution in [-0.2, 0) is 6.42 Å². The molecule has 1 N–H and O–H groups in total. The predicted octanol–water partition coefficient (Wildman–Crippen LogP) is 4.43. The van der Waals surface area contributed by atoms with Crippen molar-refractivity contribution in [1.29, 1.82) is 0 Å². The Morgan fingerprint density at radius 2 is 1.93 bits per heavy atom. The molecule has 2 heterocycles. The van der Waals surface area contributed by atoms with Crippen LogP contribution in [0.15, 0.2) is 66.9 Å². The fraction of sp³-hybridized carbons (Fsp3) is 0.182. The van der Waals surface area contributed by atoms with Gasteiger partial charge in [-0.1, -0.05) is 30.3 Å². The maximum atomic E-state index is 12.7. The first-order chi connectivity index (χ1) is 13.3. The molecule has 1 aliphatic rings. The van der Waals surface area contributed by atoms with Gasteiger partial charge >= 0.3 is 0 Å². The van der Waals surface area contributed by atoms with E-state index in [4.69, 9.17) is 4.74 Å². The monoisotopic (exact) mass is 359 g/mol. The van der Waals surface area contributed by atoms with Crippen molar-refractivity contribution in [2.75, 3.05) is 23.9 Å². The minimum absolute atomic E-state index is 0.187. The lowest BCUT2D eigenvalue weighted by Crippen LogP contribution is -2.25. The second kappa shape index (κ2) is 7.50. The molecule has 0 saturated heterocycles. The Morgan fingerprint density at radius 1 is 1.11 bits per heavy atom. The van der Waals surface area contributed by atoms with Crippen LogP contribution < -0.4 is 15.0 Å². The van der Waals surface area contributed by atoms with E-state index in [0.717, 1.165) is 25.2 Å². The van der Waals surface area contributed by atoms with Crippen LogP contribution in [0.2, 0.25) is 0 Å². The molecule has 1 aromatic heterocycles. The highest BCUT2D eigenvalue weighted by atomic mass is 16.5. The molecule has 5 heteroatoms. The molecule has 4 rings (SSSR count). The van der Waals surface area contributed by atoms with Crippen molar-refractivity contribution in [3.05, 3.63) is 78.0 Å². The van der Waals surface area contributed by atoms with Gasteiger partial charge in [0.1, 0.15) is 11.6 Å². The van der Waals surface area contributed by atoms with Crippen molar-refractivity contribution < 1.29 is 9.53 Å². The molecule has 0 saturated carbocycles. The van der Waals surface area contributed by atoms with E-state index in [-0.39, 0.29) is 5.91 Å². The highest BCUT2D eigenvalue weighted by molar-refractivity contribution is 6.05. The summed E-state index contributed by atoms with van der Waals surface area (Å²) < 4.78 is 5.30. The number of ether oxygens (including phenoxy) is 1. The van der Waals surface area contributed by atoms with Gasteiger partial charge in [-0.25, -0.2) is 4.98 Å². The van der Waals surface area contributed by atoms with Crippen molar-refractivity contribution in [2.24, 2.45) is 0 Å². The summed E-state index contributed by atoms with van der Waals surface area (Å²) in [7, 11) is 1.59. The number of hydrogen-bond donors (Lipinski definition) is 1. The number of para-hydroxylation sites is 3. The quantitative estimate of drug-likeness (QED) is 0.749. The van der Waals surface area contributed by atoms with Crippen LogP contribution in [0.5, 0.6) is 5.75 Å². The van der Waals surface area contributed by atoms with E-state index in [1.54, 1.807) is 19.4 Å². The van der Waals surface area contributed by atoms with Crippen molar-refractivity contribution >= 4 is 23.1 Å². The van der Waals surface area contributed by atoms with Gasteiger partial charge in [0.15, 0.2) is 0 Å². The van der Waals surface area contributed by atoms with Gasteiger partial charge < -0.3 is 15.0 Å². The highest BCUT2D eigenvalue weighted by Gasteiger charge is 2.20. The van der Waals surface area contributed by atoms with E-state index in [1.165, 1.54) is 11.3 Å². The Hall–Kier alpha value is -3.34. The summed E-state index contributed by atoms with van der Waals surface area (Å²) >= 11 is 0. The third-order valence-corrected chi connectivity index (χ3v) is 4.75. The number of aromatic nitrogens is 1. The lowest BCUT2D eigenvalue weighted by atomic mass is 10.0. The minimum atomic E-state index is -0.187. The number of methoxy groups -OCH3 is 1. The van der Waals surface area contributed by atoms with Crippen molar-refractivity contribution in [2.45, 2.75) is 12.8 Å². The lowest BCUT2D eigenvalue weighted by molar-refractivity contribution is 0.102. The molecule has 0 atom stereocenters. The lowest BCUT2D eigenvalue weighted by Gasteiger charge is -2.30. The highest BCUT2D eigenvalue weighted by Crippen LogP contribution is 2.32. The summed E-state index contributed by atoms with van der Waals surface area (Å²) in [6, 6.07) is 19.3. The zero-order valence-electron chi connectivity index (χ0n) is 15.2. The zero-order chi connectivity index (χ0) is 18.6. The van der Waals surface area contributed by atoms with Gasteiger partial charge in [-0.3, -0.25) is 4.79 Å². The van der Waals surface area contributed by atoms with E-state index in [9.17, 15) is 4.79 Å². The number of pyridine rings is 1. The maximum Gasteiger partial charge on any atom is 0.255 e. The molecule has 0 fully saturated rings. The van der Waals surface area contributed by atoms with Crippen LogP contribution in [-0.4, -0.2) is 24.5 Å². The predicted molar refractivity (Wildman–Crippen MR) is 107 cm³/mol. The van der Waals surface area contributed by atoms with E-state index < -0.39 is 0 Å². The zero-order valence-corrected chi connectivity index (χ0v) is 15.2. The molecule has 0 aliphatic carbocycles. The van der Waals surface area contributed by atoms with E-state index in [1.807, 2.05) is 36.4 Å². The van der Waals surface area contributed by atoms with Gasteiger partial charge in [0.05, 0.1) is 12.8 Å². The maximum absolute atomic E-state index is 12.7. The van der Waals surface area contributed by atoms with Crippen molar-refractivity contribution in [1.82, 2.24) is 4.98 Å². The Balaban J connectivity index is 1.61. The van der Waals surface area contributed by atoms with Crippen LogP contribution >= 0.6 is 0 Å². The Labute approximate surface area is 158 Å². The molecule has 0 radical (unpaired) electrons. The van der Waals surface area contributed by atoms with Crippen LogP contribution in [0, 0.1) is 0 Å². The van der Waals surface area contributed by atoms with Crippen LogP contribution in [0.3, 0.4) is 0 Å². The van der Waals surface area contributed by atoms with Crippen molar-refractivity contribution in [3.8, 4) is 5.75 Å². The second-order valence-corrected chi connectivity index (χ2v) is 6.44. The van der Waals surface area contributed by atoms with Gasteiger partial charge in [-0.05, 0) is 48.7 Å². The number of benzene rings is 2. The summed E-state index contributed by atoms with van der Waals surface area (Å²) in [6.45, 7) is 0.890. The topological polar surface area (TPSA) is 54.5 Å². The fourth-order valence-corrected chi connectivity index (χ4v) is 3.42. The second-order valence-electron chi connectivity index (χ2n) is 6.44. The fourth-order valence-electron chi connectivity index (χ4n) is 3.42. The average Bonchev–Trinajstić information content (AvgIpc) is 2.74. The van der Waals surface area contributed by atoms with Gasteiger partial charge in [0.2, 0.25) is 0 Å². The molecule has 1 amide bonds. The van der Waals surface area contributed by atoms with Gasteiger partial charge in [-0.15, -0.1) is 0 Å². The SMILES string of the molecule is COc1ccccc1NC(=O)c1ccnc(N2CCCc3ccccc32)c1. The first-order valence-electron chi connectivity index (χ1n) is 9.02. The largest absolute Gasteiger partial charge is 0.495 e. The molecule has 3 aromatic rings. The van der Waals surface area contributed by atoms with Gasteiger partial charge in [0.25, 0.3) is 5.91 Å². The number of nitrogens with zero attached hydrogens (tertiary/aromatic N) is 2. The molecule has 0 unspecified atom stereocenters. The molecular formula is C22H21N3O2. The van der Waals surface area contributed by atoms with Crippen LogP contribution in [0.1, 0.15) is 22.3 Å². The number of nitrogens with one attached hydrogen (secondary N) is 1. The van der Waals surface area contributed by atoms with E-state index in [2.05, 4.69) is 33.4 Å². The molecule has 136 valence electrons. The molecule has 27 heavy (non-hydrogen) atoms. The third-order valence-electron chi connectivity index (χ3n) is 4.75. The molecular weight excluding hydrogens is 338 g/mol. The van der Waals surface area contributed by atoms with E-state index in [0.29, 0.717) is 17.0 Å². The molecule has 1 aliphatic heterocycles. The molecule has 5 nitrogen and oxygen atoms in total. The number of anilines is 3. The number of rotatable bonds is 4. The summed E-state index contributed by atoms with van der Waals surface area (Å²) in [6.07, 6.45) is 3.82. The first kappa shape index (κ1) is 17.1. The summed E-state index contributed by atoms with van der Waals surface area (Å²) in [5.41, 5.74) is 3.69. The first-order valence-corrected chi connectivity index (χ1v) is 9.02. The molecule has 0 spiro atoms. The summed E-state index contributed by atoms with van der Waals surface area (Å²) in [5, 5.41) is 2.92. The third kappa shape index (κ3) is 3.49. The Bertz CT molecular complexity index is 971. The number of fused-ring (bicyclic) bond motifs is 1. The van der Waals surface area contributed by atoms with Gasteiger partial charge in [0, 0.05) is 24.0 Å². The van der Waals surface area contributed by atoms with E-state index >= 15 is 0 Å². The smallest absolute Gasteiger partial charge is 0.255 e. The standard InChI is InChI=1S/C22H21N3O2/c1-27-20-11-5-3-9-18(20)24-22(26)17-12-13-23-21(15-17)25-14-6-8-16-7-2-4-10-19(16)25/h2-5,7,9-13,15H,6,8,14H2,1H3,(H,24,26). The molecule has 0 bridgehead atoms. The summed E-state index contributed by atoms with van der Waals surface area (Å²) in [5.74, 6) is 1.23. The summed E-state index contributed by atoms with van der Waals surface area (Å²) in [4.78, 5) is 19.4. The Kier molecular flexibility index (Phi) is 4.75. The average molecular weight is 359 g/mol. The van der Waals surface area contributed by atoms with Crippen molar-refractivity contribution in [3.63, 3.8) is 0 Å². The van der Waals surface area contributed by atoms with Crippen LogP contribution in [0.25, 0.3) is 0 Å². The Morgan fingerprint density at radius 3 is 2.81 bits per heavy atom. The number of carbonyl (C=O) groups excluding carboxylic acids is 1. The van der Waals surface area contributed by atoms with Crippen LogP contribution in [0.4, 0.5) is 17.2 Å². The number of amides is 1. The molecule has 2 aromatic carbocycles. The number of hydrogen-bond acceptors (Lipinski definition) is 4.